The molecule has 3 heterocycles. The van der Waals surface area contributed by atoms with E-state index in [9.17, 15) is 9.65 Å². The van der Waals surface area contributed by atoms with E-state index in [1.807, 2.05) is 61.2 Å². The van der Waals surface area contributed by atoms with Crippen LogP contribution in [0.4, 0.5) is 15.8 Å². The van der Waals surface area contributed by atoms with Crippen LogP contribution in [0.15, 0.2) is 85.2 Å². The first-order chi connectivity index (χ1) is 22.5. The Bertz CT molecular complexity index is 1820. The molecule has 2 N–H and O–H groups in total. The molecule has 2 aromatic heterocycles. The van der Waals surface area contributed by atoms with Gasteiger partial charge in [0, 0.05) is 41.9 Å². The maximum atomic E-state index is 13.6. The Morgan fingerprint density at radius 3 is 2.53 bits per heavy atom. The second-order valence-electron chi connectivity index (χ2n) is 13.0. The monoisotopic (exact) mass is 652 g/mol. The summed E-state index contributed by atoms with van der Waals surface area (Å²) < 4.78 is 15.6. The number of anilines is 2. The third-order valence-electron chi connectivity index (χ3n) is 8.68. The molecule has 0 aliphatic carbocycles. The predicted octanol–water partition coefficient (Wildman–Crippen LogP) is 8.94. The highest BCUT2D eigenvalue weighted by atomic mass is 35.5. The molecule has 2 aromatic carbocycles. The molecular weight excluding hydrogens is 611 g/mol. The number of nitrogens with one attached hydrogen (secondary N) is 2. The van der Waals surface area contributed by atoms with E-state index < -0.39 is 6.04 Å². The molecule has 1 fully saturated rings. The number of piperidine rings is 1. The van der Waals surface area contributed by atoms with Crippen molar-refractivity contribution >= 4 is 33.9 Å². The molecule has 10 heteroatoms. The number of aromatic nitrogens is 4. The Balaban J connectivity index is 1.48. The van der Waals surface area contributed by atoms with Crippen LogP contribution < -0.4 is 10.6 Å². The van der Waals surface area contributed by atoms with Crippen molar-refractivity contribution in [2.45, 2.75) is 71.1 Å². The maximum absolute atomic E-state index is 13.6. The summed E-state index contributed by atoms with van der Waals surface area (Å²) in [4.78, 5) is 7.02. The Hall–Kier alpha value is -4.52. The zero-order valence-electron chi connectivity index (χ0n) is 27.6. The van der Waals surface area contributed by atoms with Crippen molar-refractivity contribution in [3.8, 4) is 6.07 Å². The molecular formula is C37H42ClFN8. The highest BCUT2D eigenvalue weighted by molar-refractivity contribution is 6.35. The van der Waals surface area contributed by atoms with Gasteiger partial charge in [0.05, 0.1) is 40.1 Å². The fourth-order valence-electron chi connectivity index (χ4n) is 5.95. The molecule has 0 amide bonds. The highest BCUT2D eigenvalue weighted by Gasteiger charge is 2.29. The third-order valence-corrected chi connectivity index (χ3v) is 8.97. The van der Waals surface area contributed by atoms with Gasteiger partial charge in [-0.2, -0.15) is 5.26 Å². The van der Waals surface area contributed by atoms with Crippen LogP contribution in [0.2, 0.25) is 5.02 Å². The smallest absolute Gasteiger partial charge is 0.123 e. The van der Waals surface area contributed by atoms with Crippen molar-refractivity contribution in [1.82, 2.24) is 24.9 Å². The minimum absolute atomic E-state index is 0.142. The third kappa shape index (κ3) is 7.90. The number of likely N-dealkylation sites (tertiary alicyclic amines) is 1. The molecule has 1 aliphatic heterocycles. The summed E-state index contributed by atoms with van der Waals surface area (Å²) in [6.45, 7) is 17.1. The number of rotatable bonds is 10. The predicted molar refractivity (Wildman–Crippen MR) is 189 cm³/mol. The second-order valence-corrected chi connectivity index (χ2v) is 13.4. The van der Waals surface area contributed by atoms with Crippen LogP contribution in [0.3, 0.4) is 0 Å². The standard InChI is InChI=1S/C37H42ClFN8/c1-7-8-9-10-24(2)34(33-23-47(45-44-33)30-15-17-46(18-16-30)37(4,5)6)43-29-19-31-35(27(21-40)22-41-36(31)32(38)20-29)42-25(3)26-11-13-28(39)14-12-26/h7-14,19-20,22-23,25,30,34,43H,2,15-18H2,1,3-6H3,(H,41,42)/b8-7-,10-9-/t25-,34+/m1/s1. The van der Waals surface area contributed by atoms with E-state index in [1.165, 1.54) is 18.3 Å². The number of halogens is 2. The van der Waals surface area contributed by atoms with Gasteiger partial charge in [0.15, 0.2) is 0 Å². The number of nitrogens with zero attached hydrogens (tertiary/aromatic N) is 6. The van der Waals surface area contributed by atoms with Crippen molar-refractivity contribution in [1.29, 1.82) is 5.26 Å². The van der Waals surface area contributed by atoms with Crippen LogP contribution in [-0.4, -0.2) is 43.5 Å². The first-order valence-electron chi connectivity index (χ1n) is 15.9. The molecule has 2 atom stereocenters. The first kappa shape index (κ1) is 33.8. The van der Waals surface area contributed by atoms with E-state index >= 15 is 0 Å². The van der Waals surface area contributed by atoms with Gasteiger partial charge in [-0.25, -0.2) is 9.07 Å². The molecule has 0 radical (unpaired) electrons. The average Bonchev–Trinajstić information content (AvgIpc) is 3.54. The lowest BCUT2D eigenvalue weighted by molar-refractivity contribution is 0.0866. The van der Waals surface area contributed by atoms with Crippen LogP contribution >= 0.6 is 11.6 Å². The van der Waals surface area contributed by atoms with E-state index in [-0.39, 0.29) is 23.4 Å². The average molecular weight is 653 g/mol. The van der Waals surface area contributed by atoms with Crippen LogP contribution in [0, 0.1) is 17.1 Å². The molecule has 8 nitrogen and oxygen atoms in total. The SMILES string of the molecule is C=C(/C=C\C=C/C)[C@H](Nc1cc(Cl)c2ncc(C#N)c(N[C@H](C)c3ccc(F)cc3)c2c1)c1cn(C2CCN(C(C)(C)C)CC2)nn1. The largest absolute Gasteiger partial charge is 0.377 e. The highest BCUT2D eigenvalue weighted by Crippen LogP contribution is 2.37. The number of allylic oxidation sites excluding steroid dienone is 3. The lowest BCUT2D eigenvalue weighted by Crippen LogP contribution is -2.46. The van der Waals surface area contributed by atoms with Gasteiger partial charge in [-0.1, -0.05) is 59.8 Å². The summed E-state index contributed by atoms with van der Waals surface area (Å²) in [7, 11) is 0. The molecule has 1 saturated heterocycles. The number of nitriles is 1. The van der Waals surface area contributed by atoms with Crippen molar-refractivity contribution in [2.24, 2.45) is 0 Å². The van der Waals surface area contributed by atoms with Crippen molar-refractivity contribution in [3.63, 3.8) is 0 Å². The molecule has 1 aliphatic rings. The minimum Gasteiger partial charge on any atom is -0.377 e. The van der Waals surface area contributed by atoms with Gasteiger partial charge in [-0.3, -0.25) is 9.88 Å². The lowest BCUT2D eigenvalue weighted by Gasteiger charge is -2.40. The zero-order chi connectivity index (χ0) is 33.7. The van der Waals surface area contributed by atoms with Gasteiger partial charge in [0.25, 0.3) is 0 Å². The van der Waals surface area contributed by atoms with Crippen molar-refractivity contribution in [2.75, 3.05) is 23.7 Å². The molecule has 47 heavy (non-hydrogen) atoms. The maximum Gasteiger partial charge on any atom is 0.123 e. The zero-order valence-corrected chi connectivity index (χ0v) is 28.4. The number of hydrogen-bond acceptors (Lipinski definition) is 7. The summed E-state index contributed by atoms with van der Waals surface area (Å²) in [6.07, 6.45) is 13.3. The second kappa shape index (κ2) is 14.5. The topological polar surface area (TPSA) is 94.7 Å². The van der Waals surface area contributed by atoms with Crippen LogP contribution in [0.25, 0.3) is 10.9 Å². The van der Waals surface area contributed by atoms with Gasteiger partial charge >= 0.3 is 0 Å². The number of hydrogen-bond donors (Lipinski definition) is 2. The van der Waals surface area contributed by atoms with Gasteiger partial charge in [0.1, 0.15) is 17.6 Å². The summed E-state index contributed by atoms with van der Waals surface area (Å²) in [5.41, 5.74) is 4.77. The molecule has 244 valence electrons. The van der Waals surface area contributed by atoms with E-state index in [2.05, 4.69) is 64.2 Å². The first-order valence-corrected chi connectivity index (χ1v) is 16.3. The fourth-order valence-corrected chi connectivity index (χ4v) is 6.21. The molecule has 4 aromatic rings. The van der Waals surface area contributed by atoms with Gasteiger partial charge in [-0.15, -0.1) is 5.10 Å². The molecule has 0 bridgehead atoms. The Morgan fingerprint density at radius 1 is 1.15 bits per heavy atom. The fraction of sp³-hybridized carbons (Fsp3) is 0.351. The lowest BCUT2D eigenvalue weighted by atomic mass is 9.98. The Morgan fingerprint density at radius 2 is 1.87 bits per heavy atom. The molecule has 0 unspecified atom stereocenters. The van der Waals surface area contributed by atoms with Crippen molar-refractivity contribution in [3.05, 3.63) is 113 Å². The summed E-state index contributed by atoms with van der Waals surface area (Å²) in [5, 5.41) is 27.3. The minimum atomic E-state index is -0.407. The van der Waals surface area contributed by atoms with Gasteiger partial charge < -0.3 is 10.6 Å². The Labute approximate surface area is 281 Å². The number of benzene rings is 2. The number of pyridine rings is 1. The van der Waals surface area contributed by atoms with Crippen molar-refractivity contribution < 1.29 is 4.39 Å². The normalized spacial score (nSPS) is 16.0. The van der Waals surface area contributed by atoms with E-state index in [0.29, 0.717) is 32.9 Å². The molecule has 5 rings (SSSR count). The Kier molecular flexibility index (Phi) is 10.4. The van der Waals surface area contributed by atoms with E-state index in [1.54, 1.807) is 12.1 Å². The summed E-state index contributed by atoms with van der Waals surface area (Å²) in [5.74, 6) is -0.307. The number of fused-ring (bicyclic) bond motifs is 1. The molecule has 0 saturated carbocycles. The van der Waals surface area contributed by atoms with Crippen LogP contribution in [-0.2, 0) is 0 Å². The summed E-state index contributed by atoms with van der Waals surface area (Å²) in [6, 6.07) is 11.9. The van der Waals surface area contributed by atoms with Crippen LogP contribution in [0.1, 0.15) is 82.4 Å². The van der Waals surface area contributed by atoms with Gasteiger partial charge in [0.2, 0.25) is 0 Å². The van der Waals surface area contributed by atoms with E-state index in [0.717, 1.165) is 42.8 Å². The summed E-state index contributed by atoms with van der Waals surface area (Å²) >= 11 is 6.83. The van der Waals surface area contributed by atoms with E-state index in [4.69, 9.17) is 11.6 Å². The van der Waals surface area contributed by atoms with Gasteiger partial charge in [-0.05, 0) is 82.9 Å². The quantitative estimate of drug-likeness (QED) is 0.165. The molecule has 0 spiro atoms. The van der Waals surface area contributed by atoms with Crippen LogP contribution in [0.5, 0.6) is 0 Å².